The molecule has 2 heteroatoms. The summed E-state index contributed by atoms with van der Waals surface area (Å²) in [5.74, 6) is 0.636. The van der Waals surface area contributed by atoms with Crippen molar-refractivity contribution < 1.29 is 0 Å². The molecule has 1 fully saturated rings. The lowest BCUT2D eigenvalue weighted by Crippen LogP contribution is -2.17. The molecule has 0 saturated heterocycles. The molecule has 2 nitrogen and oxygen atoms in total. The maximum atomic E-state index is 2.51. The fraction of sp³-hybridized carbons (Fsp3) is 0.164. The molecule has 0 N–H and O–H groups in total. The van der Waals surface area contributed by atoms with E-state index in [-0.39, 0.29) is 5.41 Å². The fourth-order valence-electron chi connectivity index (χ4n) is 10.3. The fourth-order valence-corrected chi connectivity index (χ4v) is 10.3. The van der Waals surface area contributed by atoms with E-state index in [2.05, 4.69) is 199 Å². The molecule has 0 aliphatic heterocycles. The van der Waals surface area contributed by atoms with Crippen LogP contribution in [0.25, 0.3) is 60.5 Å². The summed E-state index contributed by atoms with van der Waals surface area (Å²) in [5, 5.41) is 5.07. The van der Waals surface area contributed by atoms with Crippen LogP contribution in [-0.2, 0) is 5.41 Å². The van der Waals surface area contributed by atoms with Crippen molar-refractivity contribution in [2.75, 3.05) is 4.90 Å². The molecule has 0 bridgehead atoms. The SMILES string of the molecule is CC1(C)c2ccccc2-c2ccc(N(c3ccc4c(c3)c3ccc(C5CCCCC5)cc3n4-c3ccccc3)c3ccccc3-c3cccc4ccccc34)cc21. The summed E-state index contributed by atoms with van der Waals surface area (Å²) in [6.45, 7) is 4.75. The van der Waals surface area contributed by atoms with Gasteiger partial charge in [-0.3, -0.25) is 0 Å². The number of hydrogen-bond donors (Lipinski definition) is 0. The highest BCUT2D eigenvalue weighted by Crippen LogP contribution is 2.52. The third-order valence-electron chi connectivity index (χ3n) is 13.2. The van der Waals surface area contributed by atoms with Crippen LogP contribution in [0.2, 0.25) is 0 Å². The van der Waals surface area contributed by atoms with Gasteiger partial charge in [0.25, 0.3) is 0 Å². The first-order valence-electron chi connectivity index (χ1n) is 20.8. The van der Waals surface area contributed by atoms with Gasteiger partial charge in [-0.25, -0.2) is 0 Å². The molecular weight excluding hydrogens is 689 g/mol. The third-order valence-corrected chi connectivity index (χ3v) is 13.2. The quantitative estimate of drug-likeness (QED) is 0.165. The normalized spacial score (nSPS) is 14.9. The molecule has 8 aromatic carbocycles. The Balaban J connectivity index is 1.16. The second kappa shape index (κ2) is 13.4. The first-order valence-corrected chi connectivity index (χ1v) is 20.8. The number of aromatic nitrogens is 1. The van der Waals surface area contributed by atoms with E-state index in [1.807, 2.05) is 0 Å². The molecule has 57 heavy (non-hydrogen) atoms. The highest BCUT2D eigenvalue weighted by Gasteiger charge is 2.36. The second-order valence-corrected chi connectivity index (χ2v) is 16.8. The Morgan fingerprint density at radius 2 is 1.16 bits per heavy atom. The van der Waals surface area contributed by atoms with Crippen LogP contribution in [0.4, 0.5) is 17.1 Å². The van der Waals surface area contributed by atoms with E-state index < -0.39 is 0 Å². The highest BCUT2D eigenvalue weighted by atomic mass is 15.1. The van der Waals surface area contributed by atoms with E-state index in [1.165, 1.54) is 109 Å². The van der Waals surface area contributed by atoms with E-state index in [0.29, 0.717) is 5.92 Å². The van der Waals surface area contributed by atoms with Crippen LogP contribution in [0.1, 0.15) is 68.6 Å². The zero-order chi connectivity index (χ0) is 38.1. The summed E-state index contributed by atoms with van der Waals surface area (Å²) in [6, 6.07) is 65.9. The lowest BCUT2D eigenvalue weighted by molar-refractivity contribution is 0.444. The Morgan fingerprint density at radius 1 is 0.474 bits per heavy atom. The number of rotatable bonds is 6. The number of para-hydroxylation sites is 2. The molecule has 0 radical (unpaired) electrons. The zero-order valence-corrected chi connectivity index (χ0v) is 32.8. The van der Waals surface area contributed by atoms with Crippen molar-refractivity contribution in [2.24, 2.45) is 0 Å². The van der Waals surface area contributed by atoms with Crippen molar-refractivity contribution in [1.82, 2.24) is 4.57 Å². The number of fused-ring (bicyclic) bond motifs is 7. The van der Waals surface area contributed by atoms with Gasteiger partial charge in [-0.15, -0.1) is 0 Å². The van der Waals surface area contributed by atoms with E-state index in [0.717, 1.165) is 17.1 Å². The van der Waals surface area contributed by atoms with E-state index in [1.54, 1.807) is 0 Å². The Morgan fingerprint density at radius 3 is 2.04 bits per heavy atom. The summed E-state index contributed by atoms with van der Waals surface area (Å²) in [5.41, 5.74) is 16.4. The van der Waals surface area contributed by atoms with Gasteiger partial charge in [-0.2, -0.15) is 0 Å². The van der Waals surface area contributed by atoms with Crippen molar-refractivity contribution in [3.8, 4) is 27.9 Å². The molecule has 11 rings (SSSR count). The monoisotopic (exact) mass is 734 g/mol. The molecule has 2 aliphatic rings. The maximum Gasteiger partial charge on any atom is 0.0543 e. The predicted molar refractivity (Wildman–Crippen MR) is 242 cm³/mol. The van der Waals surface area contributed by atoms with Gasteiger partial charge in [0.15, 0.2) is 0 Å². The number of hydrogen-bond acceptors (Lipinski definition) is 1. The molecule has 9 aromatic rings. The predicted octanol–water partition coefficient (Wildman–Crippen LogP) is 15.4. The van der Waals surface area contributed by atoms with Gasteiger partial charge in [0.1, 0.15) is 0 Å². The molecule has 0 atom stereocenters. The maximum absolute atomic E-state index is 2.51. The molecule has 0 unspecified atom stereocenters. The first kappa shape index (κ1) is 33.9. The van der Waals surface area contributed by atoms with Crippen LogP contribution in [0, 0.1) is 0 Å². The van der Waals surface area contributed by atoms with Crippen LogP contribution in [0.3, 0.4) is 0 Å². The highest BCUT2D eigenvalue weighted by molar-refractivity contribution is 6.11. The van der Waals surface area contributed by atoms with Crippen LogP contribution >= 0.6 is 0 Å². The zero-order valence-electron chi connectivity index (χ0n) is 32.8. The van der Waals surface area contributed by atoms with Crippen molar-refractivity contribution in [2.45, 2.75) is 57.3 Å². The molecule has 0 spiro atoms. The van der Waals surface area contributed by atoms with E-state index >= 15 is 0 Å². The topological polar surface area (TPSA) is 8.17 Å². The Bertz CT molecular complexity index is 2970. The average molecular weight is 735 g/mol. The second-order valence-electron chi connectivity index (χ2n) is 16.8. The summed E-state index contributed by atoms with van der Waals surface area (Å²) in [6.07, 6.45) is 6.59. The number of benzene rings is 8. The van der Waals surface area contributed by atoms with Gasteiger partial charge in [0.2, 0.25) is 0 Å². The van der Waals surface area contributed by atoms with E-state index in [9.17, 15) is 0 Å². The molecule has 276 valence electrons. The Kier molecular flexibility index (Phi) is 7.96. The van der Waals surface area contributed by atoms with E-state index in [4.69, 9.17) is 0 Å². The summed E-state index contributed by atoms with van der Waals surface area (Å²) >= 11 is 0. The minimum absolute atomic E-state index is 0.119. The molecule has 1 heterocycles. The van der Waals surface area contributed by atoms with Gasteiger partial charge in [-0.05, 0) is 118 Å². The lowest BCUT2D eigenvalue weighted by atomic mass is 9.82. The van der Waals surface area contributed by atoms with Crippen LogP contribution < -0.4 is 4.90 Å². The summed E-state index contributed by atoms with van der Waals surface area (Å²) in [4.78, 5) is 2.51. The smallest absolute Gasteiger partial charge is 0.0543 e. The molecule has 0 amide bonds. The van der Waals surface area contributed by atoms with Crippen LogP contribution in [-0.4, -0.2) is 4.57 Å². The number of anilines is 3. The van der Waals surface area contributed by atoms with Crippen molar-refractivity contribution >= 4 is 49.6 Å². The molecule has 2 aliphatic carbocycles. The molecular formula is C55H46N2. The number of nitrogens with zero attached hydrogens (tertiary/aromatic N) is 2. The van der Waals surface area contributed by atoms with Gasteiger partial charge < -0.3 is 9.47 Å². The van der Waals surface area contributed by atoms with Crippen LogP contribution in [0.5, 0.6) is 0 Å². The Hall–Kier alpha value is -6.38. The summed E-state index contributed by atoms with van der Waals surface area (Å²) in [7, 11) is 0. The molecule has 1 aromatic heterocycles. The minimum Gasteiger partial charge on any atom is -0.310 e. The first-order chi connectivity index (χ1) is 28.0. The van der Waals surface area contributed by atoms with Crippen molar-refractivity contribution in [1.29, 1.82) is 0 Å². The summed E-state index contributed by atoms with van der Waals surface area (Å²) < 4.78 is 2.49. The largest absolute Gasteiger partial charge is 0.310 e. The van der Waals surface area contributed by atoms with Crippen LogP contribution in [0.15, 0.2) is 176 Å². The lowest BCUT2D eigenvalue weighted by Gasteiger charge is -2.30. The van der Waals surface area contributed by atoms with Crippen molar-refractivity contribution in [3.05, 3.63) is 193 Å². The van der Waals surface area contributed by atoms with Gasteiger partial charge in [0, 0.05) is 38.8 Å². The average Bonchev–Trinajstić information content (AvgIpc) is 3.71. The molecule has 1 saturated carbocycles. The van der Waals surface area contributed by atoms with Gasteiger partial charge in [-0.1, -0.05) is 154 Å². The third kappa shape index (κ3) is 5.46. The minimum atomic E-state index is -0.119. The van der Waals surface area contributed by atoms with Gasteiger partial charge >= 0.3 is 0 Å². The van der Waals surface area contributed by atoms with Crippen molar-refractivity contribution in [3.63, 3.8) is 0 Å². The standard InChI is InChI=1S/C55H46N2/c1-55(2)50-26-13-11-23-45(50)46-32-29-42(36-51(46)55)56(52-27-14-12-24-47(52)44-25-15-19-38-18-9-10-22-43(38)44)41-30-33-53-49(35-41)48-31-28-39(37-16-5-3-6-17-37)34-54(48)57(53)40-20-7-4-8-21-40/h4,7-15,18-37H,3,5-6,16-17H2,1-2H3. The van der Waals surface area contributed by atoms with Gasteiger partial charge in [0.05, 0.1) is 16.7 Å². The Labute approximate surface area is 335 Å².